The number of ether oxygens (including phenoxy) is 1. The Kier molecular flexibility index (Phi) is 5.38. The van der Waals surface area contributed by atoms with Crippen LogP contribution in [0.2, 0.25) is 5.15 Å². The zero-order chi connectivity index (χ0) is 19.6. The van der Waals surface area contributed by atoms with Gasteiger partial charge in [0, 0.05) is 5.56 Å². The van der Waals surface area contributed by atoms with E-state index in [9.17, 15) is 21.6 Å². The molecular weight excluding hydrogens is 407 g/mol. The predicted octanol–water partition coefficient (Wildman–Crippen LogP) is 3.60. The van der Waals surface area contributed by atoms with Gasteiger partial charge in [0.25, 0.3) is 0 Å². The van der Waals surface area contributed by atoms with Crippen LogP contribution < -0.4 is 4.74 Å². The zero-order valence-electron chi connectivity index (χ0n) is 13.4. The topological polar surface area (TPSA) is 74.1 Å². The second-order valence-corrected chi connectivity index (χ2v) is 6.66. The van der Waals surface area contributed by atoms with Crippen LogP contribution in [0.5, 0.6) is 5.75 Å². The molecule has 27 heavy (non-hydrogen) atoms. The van der Waals surface area contributed by atoms with Crippen LogP contribution in [0, 0.1) is 0 Å². The number of halogens is 4. The lowest BCUT2D eigenvalue weighted by Gasteiger charge is -2.11. The first-order chi connectivity index (χ1) is 12.7. The van der Waals surface area contributed by atoms with Crippen molar-refractivity contribution in [3.8, 4) is 22.7 Å². The summed E-state index contributed by atoms with van der Waals surface area (Å²) in [7, 11) is -2.59. The van der Waals surface area contributed by atoms with Gasteiger partial charge in [0.1, 0.15) is 22.8 Å². The number of thiol groups is 1. The van der Waals surface area contributed by atoms with Crippen molar-refractivity contribution in [2.75, 3.05) is 0 Å². The van der Waals surface area contributed by atoms with Gasteiger partial charge < -0.3 is 4.74 Å². The fourth-order valence-electron chi connectivity index (χ4n) is 2.38. The van der Waals surface area contributed by atoms with Crippen molar-refractivity contribution < 1.29 is 26.3 Å². The quantitative estimate of drug-likeness (QED) is 0.642. The van der Waals surface area contributed by atoms with E-state index < -0.39 is 17.1 Å². The number of aromatic nitrogens is 3. The molecule has 0 amide bonds. The maximum absolute atomic E-state index is 12.3. The van der Waals surface area contributed by atoms with Crippen molar-refractivity contribution in [2.45, 2.75) is 12.1 Å². The number of benzene rings is 1. The highest BCUT2D eigenvalue weighted by Crippen LogP contribution is 2.32. The first kappa shape index (κ1) is 19.2. The standard InChI is InChI=1S/C16H11ClF3N3O3S/c17-15-14(10-1-5-13(6-2-10)26-16(18,19)20)23(9-22-15)12-4-3-11(21-7-12)8-27(24)25/h1-7,9,27H,8H2. The van der Waals surface area contributed by atoms with Crippen molar-refractivity contribution >= 4 is 22.3 Å². The van der Waals surface area contributed by atoms with E-state index in [1.165, 1.54) is 36.8 Å². The summed E-state index contributed by atoms with van der Waals surface area (Å²) in [4.78, 5) is 8.09. The first-order valence-corrected chi connectivity index (χ1v) is 9.13. The summed E-state index contributed by atoms with van der Waals surface area (Å²) in [5, 5.41) is 0.145. The smallest absolute Gasteiger partial charge is 0.406 e. The van der Waals surface area contributed by atoms with Gasteiger partial charge in [-0.1, -0.05) is 11.6 Å². The molecular formula is C16H11ClF3N3O3S. The SMILES string of the molecule is O=[SH](=O)Cc1ccc(-n2cnc(Cl)c2-c2ccc(OC(F)(F)F)cc2)cn1. The Morgan fingerprint density at radius 3 is 2.33 bits per heavy atom. The molecule has 2 aromatic heterocycles. The molecule has 3 rings (SSSR count). The molecule has 142 valence electrons. The van der Waals surface area contributed by atoms with Crippen LogP contribution >= 0.6 is 11.6 Å². The van der Waals surface area contributed by atoms with E-state index in [4.69, 9.17) is 11.6 Å². The Labute approximate surface area is 158 Å². The van der Waals surface area contributed by atoms with Crippen LogP contribution in [-0.2, 0) is 16.5 Å². The molecule has 0 saturated carbocycles. The number of hydrogen-bond donors (Lipinski definition) is 1. The fourth-order valence-corrected chi connectivity index (χ4v) is 3.08. The Balaban J connectivity index is 1.93. The molecule has 0 bridgehead atoms. The average molecular weight is 418 g/mol. The maximum Gasteiger partial charge on any atom is 0.573 e. The first-order valence-electron chi connectivity index (χ1n) is 7.39. The average Bonchev–Trinajstić information content (AvgIpc) is 2.96. The minimum atomic E-state index is -4.77. The van der Waals surface area contributed by atoms with E-state index in [0.717, 1.165) is 0 Å². The van der Waals surface area contributed by atoms with Crippen LogP contribution in [0.4, 0.5) is 13.2 Å². The molecule has 0 spiro atoms. The second-order valence-electron chi connectivity index (χ2n) is 5.32. The highest BCUT2D eigenvalue weighted by molar-refractivity contribution is 7.71. The molecule has 0 atom stereocenters. The van der Waals surface area contributed by atoms with Gasteiger partial charge in [-0.05, 0) is 36.4 Å². The normalized spacial score (nSPS) is 11.7. The molecule has 0 unspecified atom stereocenters. The van der Waals surface area contributed by atoms with Gasteiger partial charge in [-0.3, -0.25) is 9.55 Å². The van der Waals surface area contributed by atoms with Crippen LogP contribution in [0.15, 0.2) is 48.9 Å². The fraction of sp³-hybridized carbons (Fsp3) is 0.125. The lowest BCUT2D eigenvalue weighted by Crippen LogP contribution is -2.16. The molecule has 0 aliphatic carbocycles. The van der Waals surface area contributed by atoms with E-state index in [1.54, 1.807) is 16.7 Å². The largest absolute Gasteiger partial charge is 0.573 e. The number of hydrogen-bond acceptors (Lipinski definition) is 5. The van der Waals surface area contributed by atoms with Crippen molar-refractivity contribution in [3.63, 3.8) is 0 Å². The third-order valence-corrected chi connectivity index (χ3v) is 4.32. The number of pyridine rings is 1. The molecule has 0 fully saturated rings. The van der Waals surface area contributed by atoms with E-state index in [1.807, 2.05) is 0 Å². The summed E-state index contributed by atoms with van der Waals surface area (Å²) < 4.78 is 63.8. The molecule has 2 heterocycles. The van der Waals surface area contributed by atoms with Crippen molar-refractivity contribution in [2.24, 2.45) is 0 Å². The Bertz CT molecular complexity index is 1010. The predicted molar refractivity (Wildman–Crippen MR) is 92.5 cm³/mol. The summed E-state index contributed by atoms with van der Waals surface area (Å²) in [6, 6.07) is 8.38. The van der Waals surface area contributed by atoms with Crippen LogP contribution in [0.3, 0.4) is 0 Å². The van der Waals surface area contributed by atoms with E-state index in [2.05, 4.69) is 14.7 Å². The minimum Gasteiger partial charge on any atom is -0.406 e. The van der Waals surface area contributed by atoms with Crippen molar-refractivity contribution in [1.82, 2.24) is 14.5 Å². The zero-order valence-corrected chi connectivity index (χ0v) is 15.0. The number of nitrogens with zero attached hydrogens (tertiary/aromatic N) is 3. The maximum atomic E-state index is 12.3. The van der Waals surface area contributed by atoms with Crippen molar-refractivity contribution in [3.05, 3.63) is 59.8 Å². The summed E-state index contributed by atoms with van der Waals surface area (Å²) in [6.45, 7) is 0. The Morgan fingerprint density at radius 1 is 1.07 bits per heavy atom. The summed E-state index contributed by atoms with van der Waals surface area (Å²) in [5.74, 6) is -0.528. The Morgan fingerprint density at radius 2 is 1.78 bits per heavy atom. The summed E-state index contributed by atoms with van der Waals surface area (Å²) in [5.41, 5.74) is 1.90. The van der Waals surface area contributed by atoms with Crippen LogP contribution in [0.1, 0.15) is 5.69 Å². The molecule has 0 aliphatic heterocycles. The molecule has 1 aromatic carbocycles. The van der Waals surface area contributed by atoms with E-state index in [-0.39, 0.29) is 16.7 Å². The summed E-state index contributed by atoms with van der Waals surface area (Å²) >= 11 is 6.13. The van der Waals surface area contributed by atoms with Gasteiger partial charge in [0.2, 0.25) is 0 Å². The second kappa shape index (κ2) is 7.57. The third kappa shape index (κ3) is 4.77. The molecule has 0 radical (unpaired) electrons. The number of alkyl halides is 3. The lowest BCUT2D eigenvalue weighted by molar-refractivity contribution is -0.274. The van der Waals surface area contributed by atoms with Crippen LogP contribution in [0.25, 0.3) is 16.9 Å². The van der Waals surface area contributed by atoms with E-state index >= 15 is 0 Å². The minimum absolute atomic E-state index is 0.145. The van der Waals surface area contributed by atoms with Gasteiger partial charge >= 0.3 is 6.36 Å². The number of imidazole rings is 1. The van der Waals surface area contributed by atoms with Gasteiger partial charge in [-0.2, -0.15) is 0 Å². The number of rotatable bonds is 5. The molecule has 0 aliphatic rings. The molecule has 11 heteroatoms. The molecule has 0 saturated heterocycles. The van der Waals surface area contributed by atoms with E-state index in [0.29, 0.717) is 22.6 Å². The van der Waals surface area contributed by atoms with Gasteiger partial charge in [0.15, 0.2) is 5.15 Å². The Hall–Kier alpha value is -2.59. The molecule has 3 aromatic rings. The lowest BCUT2D eigenvalue weighted by atomic mass is 10.1. The monoisotopic (exact) mass is 417 g/mol. The third-order valence-electron chi connectivity index (χ3n) is 3.46. The summed E-state index contributed by atoms with van der Waals surface area (Å²) in [6.07, 6.45) is -1.89. The molecule has 0 N–H and O–H groups in total. The molecule has 6 nitrogen and oxygen atoms in total. The van der Waals surface area contributed by atoms with Crippen molar-refractivity contribution in [1.29, 1.82) is 0 Å². The van der Waals surface area contributed by atoms with Crippen LogP contribution in [-0.4, -0.2) is 29.3 Å². The highest BCUT2D eigenvalue weighted by Gasteiger charge is 2.31. The van der Waals surface area contributed by atoms with Gasteiger partial charge in [-0.25, -0.2) is 13.4 Å². The highest BCUT2D eigenvalue weighted by atomic mass is 35.5. The van der Waals surface area contributed by atoms with Gasteiger partial charge in [0.05, 0.1) is 29.0 Å². The van der Waals surface area contributed by atoms with Gasteiger partial charge in [-0.15, -0.1) is 13.2 Å².